The number of nitrogens with one attached hydrogen (secondary N) is 2. The van der Waals surface area contributed by atoms with Gasteiger partial charge in [0.1, 0.15) is 12.4 Å². The Labute approximate surface area is 131 Å². The van der Waals surface area contributed by atoms with E-state index in [1.807, 2.05) is 36.4 Å². The van der Waals surface area contributed by atoms with Gasteiger partial charge in [-0.15, -0.1) is 0 Å². The van der Waals surface area contributed by atoms with Gasteiger partial charge in [0, 0.05) is 13.2 Å². The van der Waals surface area contributed by atoms with Gasteiger partial charge in [0.25, 0.3) is 0 Å². The number of rotatable bonds is 6. The molecule has 0 atom stereocenters. The number of ether oxygens (including phenoxy) is 1. The fraction of sp³-hybridized carbons (Fsp3) is 0.294. The van der Waals surface area contributed by atoms with Gasteiger partial charge in [0.2, 0.25) is 0 Å². The monoisotopic (exact) mass is 298 g/mol. The Morgan fingerprint density at radius 3 is 2.82 bits per heavy atom. The maximum atomic E-state index is 5.69. The second-order valence-corrected chi connectivity index (χ2v) is 4.84. The summed E-state index contributed by atoms with van der Waals surface area (Å²) in [7, 11) is 1.75. The summed E-state index contributed by atoms with van der Waals surface area (Å²) in [6.45, 7) is 3.94. The molecule has 0 saturated heterocycles. The van der Waals surface area contributed by atoms with Crippen molar-refractivity contribution < 1.29 is 4.74 Å². The molecule has 1 heterocycles. The SMILES string of the molecule is CN=C(NCCOc1cccc(C)c1)NCc1ccccn1. The fourth-order valence-corrected chi connectivity index (χ4v) is 1.94. The van der Waals surface area contributed by atoms with Crippen LogP contribution >= 0.6 is 0 Å². The van der Waals surface area contributed by atoms with Gasteiger partial charge < -0.3 is 15.4 Å². The summed E-state index contributed by atoms with van der Waals surface area (Å²) in [6, 6.07) is 13.9. The van der Waals surface area contributed by atoms with Crippen LogP contribution in [0.15, 0.2) is 53.7 Å². The number of guanidine groups is 1. The fourth-order valence-electron chi connectivity index (χ4n) is 1.94. The predicted molar refractivity (Wildman–Crippen MR) is 89.1 cm³/mol. The number of aryl methyl sites for hydroxylation is 1. The van der Waals surface area contributed by atoms with E-state index in [-0.39, 0.29) is 0 Å². The number of benzene rings is 1. The first-order valence-corrected chi connectivity index (χ1v) is 7.32. The van der Waals surface area contributed by atoms with E-state index in [1.54, 1.807) is 13.2 Å². The van der Waals surface area contributed by atoms with E-state index >= 15 is 0 Å². The summed E-state index contributed by atoms with van der Waals surface area (Å²) in [4.78, 5) is 8.43. The van der Waals surface area contributed by atoms with E-state index in [0.717, 1.165) is 17.4 Å². The van der Waals surface area contributed by atoms with Crippen LogP contribution in [0.4, 0.5) is 0 Å². The van der Waals surface area contributed by atoms with Gasteiger partial charge >= 0.3 is 0 Å². The quantitative estimate of drug-likeness (QED) is 0.487. The lowest BCUT2D eigenvalue weighted by atomic mass is 10.2. The average molecular weight is 298 g/mol. The Hall–Kier alpha value is -2.56. The number of hydrogen-bond acceptors (Lipinski definition) is 3. The van der Waals surface area contributed by atoms with Gasteiger partial charge in [-0.05, 0) is 36.8 Å². The van der Waals surface area contributed by atoms with Crippen molar-refractivity contribution in [3.8, 4) is 5.75 Å². The molecule has 2 rings (SSSR count). The zero-order chi connectivity index (χ0) is 15.6. The minimum atomic E-state index is 0.577. The van der Waals surface area contributed by atoms with E-state index in [9.17, 15) is 0 Å². The van der Waals surface area contributed by atoms with Crippen molar-refractivity contribution in [2.75, 3.05) is 20.2 Å². The van der Waals surface area contributed by atoms with Crippen molar-refractivity contribution in [3.05, 3.63) is 59.9 Å². The predicted octanol–water partition coefficient (Wildman–Crippen LogP) is 2.13. The summed E-state index contributed by atoms with van der Waals surface area (Å²) in [5.74, 6) is 1.62. The largest absolute Gasteiger partial charge is 0.492 e. The number of pyridine rings is 1. The summed E-state index contributed by atoms with van der Waals surface area (Å²) in [5, 5.41) is 6.42. The van der Waals surface area contributed by atoms with Crippen LogP contribution < -0.4 is 15.4 Å². The van der Waals surface area contributed by atoms with Crippen LogP contribution in [0.5, 0.6) is 5.75 Å². The average Bonchev–Trinajstić information content (AvgIpc) is 2.55. The second-order valence-electron chi connectivity index (χ2n) is 4.84. The number of aromatic nitrogens is 1. The Kier molecular flexibility index (Phi) is 6.23. The lowest BCUT2D eigenvalue weighted by Gasteiger charge is -2.12. The highest BCUT2D eigenvalue weighted by atomic mass is 16.5. The third-order valence-electron chi connectivity index (χ3n) is 3.04. The molecule has 22 heavy (non-hydrogen) atoms. The Morgan fingerprint density at radius 2 is 2.09 bits per heavy atom. The molecule has 5 heteroatoms. The first kappa shape index (κ1) is 15.8. The van der Waals surface area contributed by atoms with Crippen LogP contribution in [0.1, 0.15) is 11.3 Å². The van der Waals surface area contributed by atoms with Crippen LogP contribution in [0.3, 0.4) is 0 Å². The normalized spacial score (nSPS) is 11.1. The molecule has 0 saturated carbocycles. The molecule has 0 unspecified atom stereocenters. The summed E-state index contributed by atoms with van der Waals surface area (Å²) in [5.41, 5.74) is 2.17. The molecule has 0 amide bonds. The van der Waals surface area contributed by atoms with Crippen molar-refractivity contribution in [2.45, 2.75) is 13.5 Å². The molecule has 2 aromatic rings. The van der Waals surface area contributed by atoms with Gasteiger partial charge in [-0.25, -0.2) is 0 Å². The van der Waals surface area contributed by atoms with Crippen LogP contribution in [-0.4, -0.2) is 31.1 Å². The molecule has 0 aliphatic carbocycles. The minimum Gasteiger partial charge on any atom is -0.492 e. The molecule has 1 aromatic carbocycles. The van der Waals surface area contributed by atoms with Crippen molar-refractivity contribution in [1.82, 2.24) is 15.6 Å². The van der Waals surface area contributed by atoms with Crippen molar-refractivity contribution >= 4 is 5.96 Å². The van der Waals surface area contributed by atoms with E-state index < -0.39 is 0 Å². The topological polar surface area (TPSA) is 58.5 Å². The number of aliphatic imine (C=N–C) groups is 1. The molecular formula is C17H22N4O. The zero-order valence-corrected chi connectivity index (χ0v) is 13.0. The smallest absolute Gasteiger partial charge is 0.191 e. The van der Waals surface area contributed by atoms with Gasteiger partial charge in [0.05, 0.1) is 18.8 Å². The Bertz CT molecular complexity index is 599. The van der Waals surface area contributed by atoms with E-state index in [4.69, 9.17) is 4.74 Å². The van der Waals surface area contributed by atoms with Gasteiger partial charge in [-0.2, -0.15) is 0 Å². The molecule has 0 aliphatic rings. The third kappa shape index (κ3) is 5.44. The molecule has 0 spiro atoms. The minimum absolute atomic E-state index is 0.577. The molecule has 5 nitrogen and oxygen atoms in total. The van der Waals surface area contributed by atoms with Crippen LogP contribution in [0, 0.1) is 6.92 Å². The van der Waals surface area contributed by atoms with Gasteiger partial charge in [-0.3, -0.25) is 9.98 Å². The summed E-state index contributed by atoms with van der Waals surface area (Å²) >= 11 is 0. The van der Waals surface area contributed by atoms with Crippen LogP contribution in [0.2, 0.25) is 0 Å². The zero-order valence-electron chi connectivity index (χ0n) is 13.0. The van der Waals surface area contributed by atoms with Crippen LogP contribution in [0.25, 0.3) is 0 Å². The molecular weight excluding hydrogens is 276 g/mol. The molecule has 116 valence electrons. The highest BCUT2D eigenvalue weighted by Crippen LogP contribution is 2.11. The molecule has 1 aromatic heterocycles. The molecule has 0 bridgehead atoms. The molecule has 0 radical (unpaired) electrons. The standard InChI is InChI=1S/C17H22N4O/c1-14-6-5-8-16(12-14)22-11-10-20-17(18-2)21-13-15-7-3-4-9-19-15/h3-9,12H,10-11,13H2,1-2H3,(H2,18,20,21). The maximum Gasteiger partial charge on any atom is 0.191 e. The van der Waals surface area contributed by atoms with Crippen molar-refractivity contribution in [2.24, 2.45) is 4.99 Å². The van der Waals surface area contributed by atoms with Gasteiger partial charge in [-0.1, -0.05) is 18.2 Å². The lowest BCUT2D eigenvalue weighted by Crippen LogP contribution is -2.39. The summed E-state index contributed by atoms with van der Waals surface area (Å²) < 4.78 is 5.69. The van der Waals surface area contributed by atoms with Crippen molar-refractivity contribution in [1.29, 1.82) is 0 Å². The Balaban J connectivity index is 1.68. The molecule has 0 aliphatic heterocycles. The van der Waals surface area contributed by atoms with E-state index in [0.29, 0.717) is 19.7 Å². The second kappa shape index (κ2) is 8.67. The Morgan fingerprint density at radius 1 is 1.18 bits per heavy atom. The number of hydrogen-bond donors (Lipinski definition) is 2. The molecule has 0 fully saturated rings. The maximum absolute atomic E-state index is 5.69. The lowest BCUT2D eigenvalue weighted by molar-refractivity contribution is 0.321. The molecule has 2 N–H and O–H groups in total. The third-order valence-corrected chi connectivity index (χ3v) is 3.04. The van der Waals surface area contributed by atoms with E-state index in [1.165, 1.54) is 5.56 Å². The first-order chi connectivity index (χ1) is 10.8. The summed E-state index contributed by atoms with van der Waals surface area (Å²) in [6.07, 6.45) is 1.78. The first-order valence-electron chi connectivity index (χ1n) is 7.32. The number of nitrogens with zero attached hydrogens (tertiary/aromatic N) is 2. The van der Waals surface area contributed by atoms with Gasteiger partial charge in [0.15, 0.2) is 5.96 Å². The highest BCUT2D eigenvalue weighted by molar-refractivity contribution is 5.79. The van der Waals surface area contributed by atoms with Crippen molar-refractivity contribution in [3.63, 3.8) is 0 Å². The highest BCUT2D eigenvalue weighted by Gasteiger charge is 1.99. The van der Waals surface area contributed by atoms with E-state index in [2.05, 4.69) is 33.6 Å². The van der Waals surface area contributed by atoms with Crippen LogP contribution in [-0.2, 0) is 6.54 Å².